The molecular formula is C20H18F4N2O4. The highest BCUT2D eigenvalue weighted by molar-refractivity contribution is 5.99. The number of halogens is 4. The molecule has 0 fully saturated rings. The summed E-state index contributed by atoms with van der Waals surface area (Å²) in [6, 6.07) is 12.5. The van der Waals surface area contributed by atoms with Crippen LogP contribution < -0.4 is 9.47 Å². The second-order valence-corrected chi connectivity index (χ2v) is 6.53. The van der Waals surface area contributed by atoms with Gasteiger partial charge in [-0.1, -0.05) is 12.1 Å². The van der Waals surface area contributed by atoms with Crippen molar-refractivity contribution in [1.29, 1.82) is 0 Å². The number of aliphatic hydroxyl groups is 1. The van der Waals surface area contributed by atoms with Crippen LogP contribution in [0.25, 0.3) is 0 Å². The van der Waals surface area contributed by atoms with Gasteiger partial charge in [-0.15, -0.1) is 0 Å². The predicted octanol–water partition coefficient (Wildman–Crippen LogP) is 3.69. The first-order valence-corrected chi connectivity index (χ1v) is 8.81. The van der Waals surface area contributed by atoms with Gasteiger partial charge in [0, 0.05) is 12.0 Å². The highest BCUT2D eigenvalue weighted by atomic mass is 19.3. The lowest BCUT2D eigenvalue weighted by Crippen LogP contribution is -2.51. The molecule has 0 saturated heterocycles. The summed E-state index contributed by atoms with van der Waals surface area (Å²) >= 11 is 0. The van der Waals surface area contributed by atoms with Crippen molar-refractivity contribution in [2.45, 2.75) is 31.6 Å². The second kappa shape index (κ2) is 8.70. The highest BCUT2D eigenvalue weighted by Crippen LogP contribution is 2.34. The van der Waals surface area contributed by atoms with Crippen molar-refractivity contribution in [2.24, 2.45) is 5.10 Å². The van der Waals surface area contributed by atoms with Crippen molar-refractivity contribution < 1.29 is 36.9 Å². The molecule has 6 nitrogen and oxygen atoms in total. The van der Waals surface area contributed by atoms with Crippen molar-refractivity contribution in [3.05, 3.63) is 59.7 Å². The zero-order chi connectivity index (χ0) is 21.9. The first kappa shape index (κ1) is 21.6. The molecule has 1 amide bonds. The fourth-order valence-corrected chi connectivity index (χ4v) is 2.86. The third kappa shape index (κ3) is 4.38. The number of carbonyl (C=O) groups excluding carboxylic acids is 1. The summed E-state index contributed by atoms with van der Waals surface area (Å²) in [5.74, 6) is 0.0564. The molecule has 1 atom stereocenters. The monoisotopic (exact) mass is 426 g/mol. The number of nitrogens with zero attached hydrogens (tertiary/aromatic N) is 2. The van der Waals surface area contributed by atoms with E-state index in [1.807, 2.05) is 0 Å². The third-order valence-corrected chi connectivity index (χ3v) is 4.47. The Morgan fingerprint density at radius 1 is 1.17 bits per heavy atom. The number of alkyl halides is 4. The summed E-state index contributed by atoms with van der Waals surface area (Å²) in [6.45, 7) is 0.0537. The number of carbonyl (C=O) groups is 1. The molecule has 2 aromatic rings. The Morgan fingerprint density at radius 3 is 2.43 bits per heavy atom. The van der Waals surface area contributed by atoms with Crippen LogP contribution in [0.5, 0.6) is 11.5 Å². The molecule has 10 heteroatoms. The van der Waals surface area contributed by atoms with Gasteiger partial charge in [0.25, 0.3) is 18.8 Å². The number of hydrogen-bond donors (Lipinski definition) is 1. The maximum absolute atomic E-state index is 13.3. The van der Waals surface area contributed by atoms with Gasteiger partial charge < -0.3 is 14.6 Å². The Labute approximate surface area is 169 Å². The van der Waals surface area contributed by atoms with E-state index in [4.69, 9.17) is 9.47 Å². The van der Waals surface area contributed by atoms with Gasteiger partial charge in [-0.25, -0.2) is 17.6 Å². The van der Waals surface area contributed by atoms with Crippen LogP contribution in [0, 0.1) is 0 Å². The number of methoxy groups -OCH3 is 1. The largest absolute Gasteiger partial charge is 0.497 e. The summed E-state index contributed by atoms with van der Waals surface area (Å²) in [5.41, 5.74) is -3.69. The SMILES string of the molecule is COc1ccc(OCc2cccc(C(=O)N3N=C(C(F)F)C[C@@]3(O)C(F)F)c2)cc1. The van der Waals surface area contributed by atoms with E-state index >= 15 is 0 Å². The van der Waals surface area contributed by atoms with E-state index in [1.165, 1.54) is 25.3 Å². The molecule has 1 heterocycles. The van der Waals surface area contributed by atoms with E-state index in [0.29, 0.717) is 17.1 Å². The topological polar surface area (TPSA) is 71.4 Å². The number of benzene rings is 2. The Balaban J connectivity index is 1.77. The van der Waals surface area contributed by atoms with Gasteiger partial charge in [-0.3, -0.25) is 4.79 Å². The second-order valence-electron chi connectivity index (χ2n) is 6.53. The maximum atomic E-state index is 13.3. The smallest absolute Gasteiger partial charge is 0.287 e. The average Bonchev–Trinajstić information content (AvgIpc) is 3.11. The number of hydrogen-bond acceptors (Lipinski definition) is 5. The minimum atomic E-state index is -3.48. The summed E-state index contributed by atoms with van der Waals surface area (Å²) in [6.07, 6.45) is -7.78. The van der Waals surface area contributed by atoms with Crippen molar-refractivity contribution in [3.8, 4) is 11.5 Å². The van der Waals surface area contributed by atoms with Gasteiger partial charge in [-0.05, 0) is 42.0 Å². The molecule has 160 valence electrons. The van der Waals surface area contributed by atoms with Crippen LogP contribution in [0.2, 0.25) is 0 Å². The number of hydrazone groups is 1. The van der Waals surface area contributed by atoms with Gasteiger partial charge in [0.15, 0.2) is 0 Å². The standard InChI is InChI=1S/C20H18F4N2O4/c1-29-14-5-7-15(8-6-14)30-11-12-3-2-4-13(9-12)18(27)26-20(28,19(23)24)10-16(25-26)17(21)22/h2-9,17,19,28H,10-11H2,1H3/t20-/m1/s1. The van der Waals surface area contributed by atoms with Crippen molar-refractivity contribution >= 4 is 11.6 Å². The minimum absolute atomic E-state index is 0.0304. The van der Waals surface area contributed by atoms with Crippen LogP contribution in [0.3, 0.4) is 0 Å². The molecule has 3 rings (SSSR count). The first-order valence-electron chi connectivity index (χ1n) is 8.81. The van der Waals surface area contributed by atoms with E-state index in [2.05, 4.69) is 5.10 Å². The highest BCUT2D eigenvalue weighted by Gasteiger charge is 2.53. The lowest BCUT2D eigenvalue weighted by molar-refractivity contribution is -0.164. The van der Waals surface area contributed by atoms with E-state index in [-0.39, 0.29) is 17.2 Å². The predicted molar refractivity (Wildman–Crippen MR) is 98.9 cm³/mol. The zero-order valence-corrected chi connectivity index (χ0v) is 15.8. The van der Waals surface area contributed by atoms with Crippen molar-refractivity contribution in [2.75, 3.05) is 7.11 Å². The van der Waals surface area contributed by atoms with Crippen molar-refractivity contribution in [1.82, 2.24) is 5.01 Å². The van der Waals surface area contributed by atoms with Gasteiger partial charge in [0.1, 0.15) is 23.8 Å². The molecule has 2 aromatic carbocycles. The minimum Gasteiger partial charge on any atom is -0.497 e. The van der Waals surface area contributed by atoms with Crippen molar-refractivity contribution in [3.63, 3.8) is 0 Å². The summed E-state index contributed by atoms with van der Waals surface area (Å²) in [4.78, 5) is 12.7. The van der Waals surface area contributed by atoms with Crippen LogP contribution in [0.1, 0.15) is 22.3 Å². The first-order chi connectivity index (χ1) is 14.2. The molecule has 0 unspecified atom stereocenters. The van der Waals surface area contributed by atoms with E-state index in [0.717, 1.165) is 0 Å². The van der Waals surface area contributed by atoms with E-state index in [9.17, 15) is 27.5 Å². The van der Waals surface area contributed by atoms with Crippen LogP contribution in [-0.4, -0.2) is 47.4 Å². The molecule has 30 heavy (non-hydrogen) atoms. The number of amides is 1. The van der Waals surface area contributed by atoms with Crippen LogP contribution in [0.4, 0.5) is 17.6 Å². The van der Waals surface area contributed by atoms with E-state index < -0.39 is 36.6 Å². The normalized spacial score (nSPS) is 18.7. The Bertz CT molecular complexity index is 937. The Hall–Kier alpha value is -3.14. The molecule has 1 N–H and O–H groups in total. The van der Waals surface area contributed by atoms with Gasteiger partial charge in [0.2, 0.25) is 5.72 Å². The molecule has 1 aliphatic rings. The lowest BCUT2D eigenvalue weighted by atomic mass is 10.1. The van der Waals surface area contributed by atoms with Gasteiger partial charge in [0.05, 0.1) is 7.11 Å². The summed E-state index contributed by atoms with van der Waals surface area (Å²) < 4.78 is 63.1. The Morgan fingerprint density at radius 2 is 1.83 bits per heavy atom. The number of ether oxygens (including phenoxy) is 2. The number of rotatable bonds is 7. The molecule has 1 aliphatic heterocycles. The van der Waals surface area contributed by atoms with Crippen LogP contribution in [0.15, 0.2) is 53.6 Å². The zero-order valence-electron chi connectivity index (χ0n) is 15.8. The average molecular weight is 426 g/mol. The lowest BCUT2D eigenvalue weighted by Gasteiger charge is -2.30. The molecule has 0 spiro atoms. The van der Waals surface area contributed by atoms with Gasteiger partial charge >= 0.3 is 0 Å². The molecule has 0 radical (unpaired) electrons. The third-order valence-electron chi connectivity index (χ3n) is 4.47. The molecule has 0 aliphatic carbocycles. The summed E-state index contributed by atoms with van der Waals surface area (Å²) in [7, 11) is 1.53. The fourth-order valence-electron chi connectivity index (χ4n) is 2.86. The summed E-state index contributed by atoms with van der Waals surface area (Å²) in [5, 5.41) is 13.4. The molecular weight excluding hydrogens is 408 g/mol. The fraction of sp³-hybridized carbons (Fsp3) is 0.300. The molecule has 0 bridgehead atoms. The maximum Gasteiger partial charge on any atom is 0.287 e. The van der Waals surface area contributed by atoms with Gasteiger partial charge in [-0.2, -0.15) is 10.1 Å². The van der Waals surface area contributed by atoms with Crippen LogP contribution >= 0.6 is 0 Å². The quantitative estimate of drug-likeness (QED) is 0.686. The molecule has 0 aromatic heterocycles. The van der Waals surface area contributed by atoms with Crippen LogP contribution in [-0.2, 0) is 6.61 Å². The van der Waals surface area contributed by atoms with E-state index in [1.54, 1.807) is 30.3 Å². The molecule has 0 saturated carbocycles. The Kier molecular flexibility index (Phi) is 6.25.